The summed E-state index contributed by atoms with van der Waals surface area (Å²) in [4.78, 5) is 18.3. The second-order valence-corrected chi connectivity index (χ2v) is 5.42. The third-order valence-corrected chi connectivity index (χ3v) is 3.61. The maximum atomic E-state index is 12.6. The van der Waals surface area contributed by atoms with Crippen molar-refractivity contribution < 1.29 is 15.0 Å². The smallest absolute Gasteiger partial charge is 0.255 e. The molecule has 1 aromatic carbocycles. The number of rotatable bonds is 7. The Kier molecular flexibility index (Phi) is 6.26. The molecule has 0 aliphatic rings. The summed E-state index contributed by atoms with van der Waals surface area (Å²) in [7, 11) is 0. The molecular weight excluding hydrogens is 292 g/mol. The van der Waals surface area contributed by atoms with Crippen molar-refractivity contribution in [2.24, 2.45) is 0 Å². The number of aromatic nitrogens is 1. The Morgan fingerprint density at radius 3 is 2.43 bits per heavy atom. The predicted octanol–water partition coefficient (Wildman–Crippen LogP) is 1.87. The molecule has 0 radical (unpaired) electrons. The van der Waals surface area contributed by atoms with Crippen LogP contribution in [-0.2, 0) is 0 Å². The van der Waals surface area contributed by atoms with Gasteiger partial charge in [-0.3, -0.25) is 9.78 Å². The van der Waals surface area contributed by atoms with Gasteiger partial charge in [0.25, 0.3) is 5.91 Å². The van der Waals surface area contributed by atoms with E-state index in [1.165, 1.54) is 16.7 Å². The fourth-order valence-electron chi connectivity index (χ4n) is 2.34. The number of nitrogens with zero attached hydrogens (tertiary/aromatic N) is 2. The summed E-state index contributed by atoms with van der Waals surface area (Å²) in [5, 5.41) is 18.1. The second kappa shape index (κ2) is 8.41. The summed E-state index contributed by atoms with van der Waals surface area (Å²) in [5.74, 6) is -0.186. The minimum atomic E-state index is -0.186. The van der Waals surface area contributed by atoms with E-state index in [4.69, 9.17) is 10.2 Å². The van der Waals surface area contributed by atoms with Gasteiger partial charge in [0.1, 0.15) is 0 Å². The van der Waals surface area contributed by atoms with Gasteiger partial charge in [0.15, 0.2) is 0 Å². The predicted molar refractivity (Wildman–Crippen MR) is 89.1 cm³/mol. The van der Waals surface area contributed by atoms with Gasteiger partial charge in [0.2, 0.25) is 0 Å². The zero-order valence-corrected chi connectivity index (χ0v) is 13.3. The number of aryl methyl sites for hydroxylation is 1. The highest BCUT2D eigenvalue weighted by Crippen LogP contribution is 2.20. The molecule has 1 aromatic heterocycles. The second-order valence-electron chi connectivity index (χ2n) is 5.42. The molecule has 0 aliphatic heterocycles. The van der Waals surface area contributed by atoms with E-state index in [9.17, 15) is 4.79 Å². The van der Waals surface area contributed by atoms with Crippen LogP contribution in [0, 0.1) is 6.92 Å². The maximum absolute atomic E-state index is 12.6. The molecule has 0 bridgehead atoms. The molecule has 0 atom stereocenters. The summed E-state index contributed by atoms with van der Waals surface area (Å²) in [5.41, 5.74) is 3.53. The van der Waals surface area contributed by atoms with Crippen molar-refractivity contribution in [2.75, 3.05) is 26.3 Å². The molecule has 2 rings (SSSR count). The quantitative estimate of drug-likeness (QED) is 0.818. The molecule has 0 fully saturated rings. The van der Waals surface area contributed by atoms with Crippen LogP contribution in [0.4, 0.5) is 0 Å². The van der Waals surface area contributed by atoms with E-state index < -0.39 is 0 Å². The number of benzene rings is 1. The van der Waals surface area contributed by atoms with Crippen molar-refractivity contribution in [3.8, 4) is 11.1 Å². The highest BCUT2D eigenvalue weighted by Gasteiger charge is 2.16. The minimum Gasteiger partial charge on any atom is -0.396 e. The first kappa shape index (κ1) is 17.1. The monoisotopic (exact) mass is 314 g/mol. The van der Waals surface area contributed by atoms with Gasteiger partial charge in [-0.2, -0.15) is 0 Å². The SMILES string of the molecule is Cc1ccc(-c2cncc(C(=O)N(CCO)CCCO)c2)cc1. The van der Waals surface area contributed by atoms with E-state index in [0.717, 1.165) is 11.1 Å². The van der Waals surface area contributed by atoms with Crippen LogP contribution < -0.4 is 0 Å². The van der Waals surface area contributed by atoms with E-state index in [2.05, 4.69) is 4.98 Å². The molecule has 0 aliphatic carbocycles. The van der Waals surface area contributed by atoms with Crippen LogP contribution >= 0.6 is 0 Å². The van der Waals surface area contributed by atoms with Crippen LogP contribution in [0.15, 0.2) is 42.7 Å². The lowest BCUT2D eigenvalue weighted by atomic mass is 10.0. The molecule has 0 spiro atoms. The molecule has 2 N–H and O–H groups in total. The Hall–Kier alpha value is -2.24. The van der Waals surface area contributed by atoms with Gasteiger partial charge in [0.05, 0.1) is 12.2 Å². The third-order valence-electron chi connectivity index (χ3n) is 3.61. The van der Waals surface area contributed by atoms with Gasteiger partial charge >= 0.3 is 0 Å². The number of hydrogen-bond acceptors (Lipinski definition) is 4. The van der Waals surface area contributed by atoms with Crippen LogP contribution in [-0.4, -0.2) is 52.3 Å². The summed E-state index contributed by atoms with van der Waals surface area (Å²) in [6.07, 6.45) is 3.74. The molecular formula is C18H22N2O3. The van der Waals surface area contributed by atoms with Crippen LogP contribution in [0.2, 0.25) is 0 Å². The average molecular weight is 314 g/mol. The molecule has 5 nitrogen and oxygen atoms in total. The standard InChI is InChI=1S/C18H22N2O3/c1-14-3-5-15(6-4-14)16-11-17(13-19-12-16)18(23)20(8-10-22)7-2-9-21/h3-6,11-13,21-22H,2,7-10H2,1H3. The summed E-state index contributed by atoms with van der Waals surface area (Å²) in [6.45, 7) is 2.58. The zero-order chi connectivity index (χ0) is 16.7. The highest BCUT2D eigenvalue weighted by atomic mass is 16.3. The lowest BCUT2D eigenvalue weighted by molar-refractivity contribution is 0.0709. The Labute approximate surface area is 136 Å². The number of carbonyl (C=O) groups excluding carboxylic acids is 1. The summed E-state index contributed by atoms with van der Waals surface area (Å²) >= 11 is 0. The van der Waals surface area contributed by atoms with E-state index in [0.29, 0.717) is 18.5 Å². The van der Waals surface area contributed by atoms with Crippen molar-refractivity contribution in [3.05, 3.63) is 53.9 Å². The molecule has 23 heavy (non-hydrogen) atoms. The fraction of sp³-hybridized carbons (Fsp3) is 0.333. The van der Waals surface area contributed by atoms with Crippen LogP contribution in [0.25, 0.3) is 11.1 Å². The molecule has 1 heterocycles. The van der Waals surface area contributed by atoms with Gasteiger partial charge in [-0.15, -0.1) is 0 Å². The van der Waals surface area contributed by atoms with E-state index in [-0.39, 0.29) is 25.7 Å². The first-order chi connectivity index (χ1) is 11.2. The van der Waals surface area contributed by atoms with Gasteiger partial charge in [-0.05, 0) is 25.0 Å². The van der Waals surface area contributed by atoms with Gasteiger partial charge in [-0.25, -0.2) is 0 Å². The average Bonchev–Trinajstić information content (AvgIpc) is 2.59. The third kappa shape index (κ3) is 4.61. The number of carbonyl (C=O) groups is 1. The molecule has 2 aromatic rings. The Balaban J connectivity index is 2.23. The summed E-state index contributed by atoms with van der Waals surface area (Å²) in [6, 6.07) is 9.84. The van der Waals surface area contributed by atoms with Crippen molar-refractivity contribution in [1.82, 2.24) is 9.88 Å². The lowest BCUT2D eigenvalue weighted by Crippen LogP contribution is -2.34. The molecule has 5 heteroatoms. The maximum Gasteiger partial charge on any atom is 0.255 e. The largest absolute Gasteiger partial charge is 0.396 e. The topological polar surface area (TPSA) is 73.7 Å². The van der Waals surface area contributed by atoms with Crippen molar-refractivity contribution in [3.63, 3.8) is 0 Å². The molecule has 0 unspecified atom stereocenters. The normalized spacial score (nSPS) is 10.6. The van der Waals surface area contributed by atoms with Crippen LogP contribution in [0.1, 0.15) is 22.3 Å². The van der Waals surface area contributed by atoms with Gasteiger partial charge in [0, 0.05) is 37.7 Å². The Morgan fingerprint density at radius 1 is 1.04 bits per heavy atom. The van der Waals surface area contributed by atoms with Crippen molar-refractivity contribution >= 4 is 5.91 Å². The number of aliphatic hydroxyl groups is 2. The lowest BCUT2D eigenvalue weighted by Gasteiger charge is -2.21. The molecule has 1 amide bonds. The number of amides is 1. The highest BCUT2D eigenvalue weighted by molar-refractivity contribution is 5.95. The molecule has 0 saturated carbocycles. The van der Waals surface area contributed by atoms with Gasteiger partial charge < -0.3 is 15.1 Å². The van der Waals surface area contributed by atoms with Crippen LogP contribution in [0.3, 0.4) is 0 Å². The number of pyridine rings is 1. The first-order valence-corrected chi connectivity index (χ1v) is 7.69. The molecule has 0 saturated heterocycles. The number of hydrogen-bond donors (Lipinski definition) is 2. The Bertz CT molecular complexity index is 641. The van der Waals surface area contributed by atoms with Crippen molar-refractivity contribution in [1.29, 1.82) is 0 Å². The van der Waals surface area contributed by atoms with Gasteiger partial charge in [-0.1, -0.05) is 29.8 Å². The first-order valence-electron chi connectivity index (χ1n) is 7.69. The van der Waals surface area contributed by atoms with E-state index in [1.54, 1.807) is 6.20 Å². The van der Waals surface area contributed by atoms with E-state index in [1.807, 2.05) is 37.3 Å². The Morgan fingerprint density at radius 2 is 1.78 bits per heavy atom. The molecule has 122 valence electrons. The van der Waals surface area contributed by atoms with E-state index >= 15 is 0 Å². The fourth-order valence-corrected chi connectivity index (χ4v) is 2.34. The number of aliphatic hydroxyl groups excluding tert-OH is 2. The zero-order valence-electron chi connectivity index (χ0n) is 13.3. The van der Waals surface area contributed by atoms with Crippen LogP contribution in [0.5, 0.6) is 0 Å². The van der Waals surface area contributed by atoms with Crippen molar-refractivity contribution in [2.45, 2.75) is 13.3 Å². The summed E-state index contributed by atoms with van der Waals surface area (Å²) < 4.78 is 0. The minimum absolute atomic E-state index is 0.0108.